The van der Waals surface area contributed by atoms with E-state index in [1.807, 2.05) is 0 Å². The molecule has 2 N–H and O–H groups in total. The quantitative estimate of drug-likeness (QED) is 0.595. The van der Waals surface area contributed by atoms with Gasteiger partial charge < -0.3 is 14.9 Å². The van der Waals surface area contributed by atoms with E-state index in [1.54, 1.807) is 5.57 Å². The monoisotopic (exact) mass is 443 g/mol. The first-order chi connectivity index (χ1) is 15.3. The molecule has 3 saturated carbocycles. The lowest BCUT2D eigenvalue weighted by atomic mass is 9.61. The third-order valence-electron chi connectivity index (χ3n) is 9.25. The van der Waals surface area contributed by atoms with Crippen LogP contribution in [0.15, 0.2) is 35.5 Å². The number of rotatable bonds is 5. The maximum Gasteiger partial charge on any atom is 0.0809 e. The van der Waals surface area contributed by atoms with E-state index in [1.165, 1.54) is 45.1 Å². The molecule has 4 heteroatoms. The third-order valence-corrected chi connectivity index (χ3v) is 9.25. The van der Waals surface area contributed by atoms with E-state index in [9.17, 15) is 10.2 Å². The van der Waals surface area contributed by atoms with Crippen molar-refractivity contribution >= 4 is 0 Å². The van der Waals surface area contributed by atoms with E-state index in [0.717, 1.165) is 37.1 Å². The van der Waals surface area contributed by atoms with Crippen LogP contribution in [-0.2, 0) is 4.74 Å². The summed E-state index contributed by atoms with van der Waals surface area (Å²) in [5.41, 5.74) is 3.75. The normalized spacial score (nSPS) is 41.0. The summed E-state index contributed by atoms with van der Waals surface area (Å²) in [6.45, 7) is 15.3. The second-order valence-electron chi connectivity index (χ2n) is 11.4. The van der Waals surface area contributed by atoms with Crippen LogP contribution in [-0.4, -0.2) is 59.7 Å². The van der Waals surface area contributed by atoms with Gasteiger partial charge in [0.25, 0.3) is 0 Å². The molecule has 0 bridgehead atoms. The van der Waals surface area contributed by atoms with Gasteiger partial charge in [0.05, 0.1) is 24.9 Å². The Hall–Kier alpha value is -0.940. The molecule has 4 aliphatic rings. The Balaban J connectivity index is 1.39. The fraction of sp³-hybridized carbons (Fsp3) is 0.786. The molecule has 1 saturated heterocycles. The summed E-state index contributed by atoms with van der Waals surface area (Å²) in [4.78, 5) is 2.60. The lowest BCUT2D eigenvalue weighted by Crippen LogP contribution is -2.42. The van der Waals surface area contributed by atoms with Gasteiger partial charge in [0.1, 0.15) is 0 Å². The first-order valence-corrected chi connectivity index (χ1v) is 13.0. The van der Waals surface area contributed by atoms with Gasteiger partial charge in [-0.05, 0) is 93.6 Å². The van der Waals surface area contributed by atoms with Crippen molar-refractivity contribution < 1.29 is 14.9 Å². The lowest BCUT2D eigenvalue weighted by molar-refractivity contribution is -0.0216. The highest BCUT2D eigenvalue weighted by atomic mass is 16.5. The number of morpholine rings is 1. The summed E-state index contributed by atoms with van der Waals surface area (Å²) in [6, 6.07) is 0. The molecule has 7 atom stereocenters. The van der Waals surface area contributed by atoms with Crippen molar-refractivity contribution in [3.05, 3.63) is 35.5 Å². The average Bonchev–Trinajstić information content (AvgIpc) is 3.12. The lowest BCUT2D eigenvalue weighted by Gasteiger charge is -2.44. The molecule has 0 unspecified atom stereocenters. The minimum absolute atomic E-state index is 0.372. The summed E-state index contributed by atoms with van der Waals surface area (Å²) in [5.74, 6) is 2.26. The average molecular weight is 444 g/mol. The number of ether oxygens (including phenoxy) is 1. The Labute approximate surface area is 195 Å². The van der Waals surface area contributed by atoms with E-state index >= 15 is 0 Å². The summed E-state index contributed by atoms with van der Waals surface area (Å²) in [7, 11) is 0. The number of aliphatic hydroxyl groups is 2. The van der Waals surface area contributed by atoms with Gasteiger partial charge in [0.2, 0.25) is 0 Å². The van der Waals surface area contributed by atoms with Crippen LogP contribution >= 0.6 is 0 Å². The summed E-state index contributed by atoms with van der Waals surface area (Å²) in [6.07, 6.45) is 12.8. The fourth-order valence-corrected chi connectivity index (χ4v) is 7.32. The summed E-state index contributed by atoms with van der Waals surface area (Å²) >= 11 is 0. The highest BCUT2D eigenvalue weighted by molar-refractivity contribution is 5.29. The largest absolute Gasteiger partial charge is 0.388 e. The molecule has 0 aromatic carbocycles. The van der Waals surface area contributed by atoms with Crippen molar-refractivity contribution in [3.8, 4) is 0 Å². The van der Waals surface area contributed by atoms with Gasteiger partial charge in [-0.3, -0.25) is 4.90 Å². The molecule has 180 valence electrons. The third kappa shape index (κ3) is 5.09. The molecule has 0 amide bonds. The Bertz CT molecular complexity index is 727. The minimum Gasteiger partial charge on any atom is -0.388 e. The summed E-state index contributed by atoms with van der Waals surface area (Å²) < 4.78 is 5.71. The van der Waals surface area contributed by atoms with E-state index in [0.29, 0.717) is 35.9 Å². The fourth-order valence-electron chi connectivity index (χ4n) is 7.32. The smallest absolute Gasteiger partial charge is 0.0809 e. The number of nitrogens with zero attached hydrogens (tertiary/aromatic N) is 1. The number of aliphatic hydroxyl groups excluding tert-OH is 2. The molecule has 4 rings (SSSR count). The predicted octanol–water partition coefficient (Wildman–Crippen LogP) is 4.87. The molecule has 0 aromatic rings. The Morgan fingerprint density at radius 1 is 1.22 bits per heavy atom. The molecule has 0 aromatic heterocycles. The van der Waals surface area contributed by atoms with Crippen LogP contribution in [0, 0.1) is 23.2 Å². The molecule has 0 radical (unpaired) electrons. The number of fused-ring (bicyclic) bond motifs is 1. The number of hydrogen-bond acceptors (Lipinski definition) is 4. The van der Waals surface area contributed by atoms with Crippen molar-refractivity contribution in [3.63, 3.8) is 0 Å². The van der Waals surface area contributed by atoms with Gasteiger partial charge in [-0.1, -0.05) is 43.7 Å². The molecule has 32 heavy (non-hydrogen) atoms. The Morgan fingerprint density at radius 2 is 1.97 bits per heavy atom. The highest BCUT2D eigenvalue weighted by Crippen LogP contribution is 2.59. The molecule has 1 aliphatic heterocycles. The van der Waals surface area contributed by atoms with Crippen LogP contribution in [0.3, 0.4) is 0 Å². The Morgan fingerprint density at radius 3 is 2.69 bits per heavy atom. The van der Waals surface area contributed by atoms with Gasteiger partial charge in [0.15, 0.2) is 0 Å². The maximum absolute atomic E-state index is 10.2. The second kappa shape index (κ2) is 10.1. The molecule has 0 spiro atoms. The van der Waals surface area contributed by atoms with Crippen molar-refractivity contribution in [2.45, 2.75) is 90.4 Å². The van der Waals surface area contributed by atoms with Crippen LogP contribution < -0.4 is 0 Å². The van der Waals surface area contributed by atoms with Gasteiger partial charge in [-0.2, -0.15) is 0 Å². The first-order valence-electron chi connectivity index (χ1n) is 13.0. The van der Waals surface area contributed by atoms with Crippen LogP contribution in [0.4, 0.5) is 0 Å². The molecule has 3 aliphatic carbocycles. The molecule has 1 heterocycles. The zero-order chi connectivity index (χ0) is 22.9. The highest BCUT2D eigenvalue weighted by Gasteiger charge is 2.50. The van der Waals surface area contributed by atoms with Gasteiger partial charge in [-0.25, -0.2) is 0 Å². The van der Waals surface area contributed by atoms with Crippen LogP contribution in [0.5, 0.6) is 0 Å². The van der Waals surface area contributed by atoms with Crippen LogP contribution in [0.1, 0.15) is 72.1 Å². The van der Waals surface area contributed by atoms with Crippen molar-refractivity contribution in [1.29, 1.82) is 0 Å². The van der Waals surface area contributed by atoms with Crippen LogP contribution in [0.2, 0.25) is 0 Å². The maximum atomic E-state index is 10.2. The zero-order valence-electron chi connectivity index (χ0n) is 20.6. The Kier molecular flexibility index (Phi) is 7.66. The van der Waals surface area contributed by atoms with Crippen molar-refractivity contribution in [2.24, 2.45) is 23.2 Å². The van der Waals surface area contributed by atoms with E-state index in [-0.39, 0.29) is 0 Å². The zero-order valence-corrected chi connectivity index (χ0v) is 20.6. The number of hydrogen-bond donors (Lipinski definition) is 2. The standard InChI is InChI=1S/C28H45NO3/c1-19(11-13-29-14-15-32-20(2)18-29)24-9-10-25-23(6-5-12-28(24,25)4)8-7-22-16-26(30)21(3)27(31)17-22/h7-8,19-20,24-27,30-31H,3,5-6,9-18H2,1-2,4H3/b23-8+/t19-,20+,24-,25+,26-,27-,28-/m1/s1. The second-order valence-corrected chi connectivity index (χ2v) is 11.4. The molecular formula is C28H45NO3. The molecule has 4 fully saturated rings. The summed E-state index contributed by atoms with van der Waals surface area (Å²) in [5, 5.41) is 20.3. The van der Waals surface area contributed by atoms with Crippen LogP contribution in [0.25, 0.3) is 0 Å². The van der Waals surface area contributed by atoms with Crippen molar-refractivity contribution in [2.75, 3.05) is 26.2 Å². The first kappa shape index (κ1) is 24.2. The van der Waals surface area contributed by atoms with E-state index in [4.69, 9.17) is 4.74 Å². The van der Waals surface area contributed by atoms with Gasteiger partial charge >= 0.3 is 0 Å². The molecule has 4 nitrogen and oxygen atoms in total. The topological polar surface area (TPSA) is 52.9 Å². The SMILES string of the molecule is C=C1[C@H](O)CC(=C/C=C2\CCC[C@]3(C)[C@@H]([C@H](C)CCN4CCO[C@@H](C)C4)CC[C@@H]23)C[C@H]1O. The van der Waals surface area contributed by atoms with E-state index in [2.05, 4.69) is 44.4 Å². The van der Waals surface area contributed by atoms with Gasteiger partial charge in [-0.15, -0.1) is 0 Å². The van der Waals surface area contributed by atoms with Crippen molar-refractivity contribution in [1.82, 2.24) is 4.90 Å². The minimum atomic E-state index is -0.605. The predicted molar refractivity (Wildman–Crippen MR) is 130 cm³/mol. The van der Waals surface area contributed by atoms with E-state index < -0.39 is 12.2 Å². The van der Waals surface area contributed by atoms with Gasteiger partial charge in [0, 0.05) is 13.1 Å². The molecular weight excluding hydrogens is 398 g/mol. The number of allylic oxidation sites excluding steroid dienone is 3.